The van der Waals surface area contributed by atoms with E-state index in [9.17, 15) is 13.0 Å². The molecule has 94 valence electrons. The van der Waals surface area contributed by atoms with Crippen molar-refractivity contribution in [2.75, 3.05) is 13.2 Å². The number of rotatable bonds is 2. The third-order valence-electron chi connectivity index (χ3n) is 3.04. The second-order valence-corrected chi connectivity index (χ2v) is 5.82. The van der Waals surface area contributed by atoms with Gasteiger partial charge < -0.3 is 4.74 Å². The smallest absolute Gasteiger partial charge is 0.294 e. The molecule has 1 heterocycles. The van der Waals surface area contributed by atoms with Crippen molar-refractivity contribution < 1.29 is 17.7 Å². The molecule has 0 spiro atoms. The van der Waals surface area contributed by atoms with Crippen LogP contribution in [0.3, 0.4) is 0 Å². The summed E-state index contributed by atoms with van der Waals surface area (Å²) < 4.78 is 37.2. The summed E-state index contributed by atoms with van der Waals surface area (Å²) in [4.78, 5) is 0.0126. The lowest BCUT2D eigenvalue weighted by Gasteiger charge is -2.24. The van der Waals surface area contributed by atoms with Gasteiger partial charge in [0.05, 0.1) is 11.5 Å². The van der Waals surface area contributed by atoms with Crippen molar-refractivity contribution in [3.05, 3.63) is 29.3 Å². The molecule has 0 aromatic heterocycles. The van der Waals surface area contributed by atoms with Gasteiger partial charge in [0.25, 0.3) is 10.1 Å². The maximum atomic E-state index is 11.3. The average molecular weight is 256 g/mol. The van der Waals surface area contributed by atoms with E-state index in [1.807, 2.05) is 13.0 Å². The van der Waals surface area contributed by atoms with Gasteiger partial charge in [0.15, 0.2) is 0 Å². The van der Waals surface area contributed by atoms with Crippen molar-refractivity contribution in [3.8, 4) is 0 Å². The van der Waals surface area contributed by atoms with Crippen LogP contribution in [0.25, 0.3) is 0 Å². The largest absolute Gasteiger partial charge is 0.381 e. The van der Waals surface area contributed by atoms with Gasteiger partial charge in [-0.3, -0.25) is 4.55 Å². The molecule has 1 aliphatic heterocycles. The summed E-state index contributed by atoms with van der Waals surface area (Å²) in [7, 11) is -4.16. The predicted molar refractivity (Wildman–Crippen MR) is 63.8 cm³/mol. The molecule has 0 amide bonds. The summed E-state index contributed by atoms with van der Waals surface area (Å²) in [5.41, 5.74) is 1.66. The van der Waals surface area contributed by atoms with Crippen LogP contribution >= 0.6 is 0 Å². The van der Waals surface area contributed by atoms with Gasteiger partial charge >= 0.3 is 0 Å². The maximum absolute atomic E-state index is 11.3. The predicted octanol–water partition coefficient (Wildman–Crippen LogP) is 2.14. The molecule has 1 aliphatic rings. The summed E-state index contributed by atoms with van der Waals surface area (Å²) >= 11 is 0. The van der Waals surface area contributed by atoms with Gasteiger partial charge in [-0.15, -0.1) is 0 Å². The highest BCUT2D eigenvalue weighted by molar-refractivity contribution is 7.85. The summed E-state index contributed by atoms with van der Waals surface area (Å²) in [6, 6.07) is 4.98. The van der Waals surface area contributed by atoms with E-state index in [-0.39, 0.29) is 10.8 Å². The monoisotopic (exact) mass is 256 g/mol. The third kappa shape index (κ3) is 2.86. The molecule has 1 aromatic carbocycles. The minimum Gasteiger partial charge on any atom is -0.381 e. The minimum atomic E-state index is -4.16. The summed E-state index contributed by atoms with van der Waals surface area (Å²) in [5.74, 6) is 0.0561. The van der Waals surface area contributed by atoms with Crippen LogP contribution in [-0.4, -0.2) is 26.2 Å². The van der Waals surface area contributed by atoms with Crippen LogP contribution in [0, 0.1) is 6.92 Å². The molecule has 0 bridgehead atoms. The first kappa shape index (κ1) is 12.5. The summed E-state index contributed by atoms with van der Waals surface area (Å²) in [6.07, 6.45) is 1.81. The van der Waals surface area contributed by atoms with Gasteiger partial charge in [-0.2, -0.15) is 8.42 Å². The van der Waals surface area contributed by atoms with Crippen LogP contribution in [-0.2, 0) is 14.9 Å². The Bertz CT molecular complexity index is 501. The van der Waals surface area contributed by atoms with E-state index >= 15 is 0 Å². The fourth-order valence-corrected chi connectivity index (χ4v) is 2.97. The first-order valence-electron chi connectivity index (χ1n) is 5.64. The molecule has 0 radical (unpaired) electrons. The Morgan fingerprint density at radius 3 is 2.76 bits per heavy atom. The minimum absolute atomic E-state index is 0.0126. The number of aryl methyl sites for hydroxylation is 1. The first-order chi connectivity index (χ1) is 7.98. The Kier molecular flexibility index (Phi) is 3.51. The van der Waals surface area contributed by atoms with E-state index in [0.717, 1.165) is 25.0 Å². The molecular weight excluding hydrogens is 240 g/mol. The van der Waals surface area contributed by atoms with Crippen LogP contribution in [0.5, 0.6) is 0 Å². The highest BCUT2D eigenvalue weighted by atomic mass is 32.2. The van der Waals surface area contributed by atoms with Gasteiger partial charge in [-0.1, -0.05) is 17.7 Å². The topological polar surface area (TPSA) is 63.6 Å². The van der Waals surface area contributed by atoms with Crippen LogP contribution in [0.4, 0.5) is 0 Å². The molecule has 17 heavy (non-hydrogen) atoms. The second-order valence-electron chi connectivity index (χ2n) is 4.43. The zero-order valence-corrected chi connectivity index (χ0v) is 10.5. The molecule has 1 saturated heterocycles. The number of benzene rings is 1. The van der Waals surface area contributed by atoms with Crippen molar-refractivity contribution >= 4 is 10.1 Å². The lowest BCUT2D eigenvalue weighted by molar-refractivity contribution is 0.0797. The number of hydrogen-bond acceptors (Lipinski definition) is 3. The zero-order valence-electron chi connectivity index (χ0n) is 9.72. The van der Waals surface area contributed by atoms with Crippen molar-refractivity contribution in [1.82, 2.24) is 0 Å². The van der Waals surface area contributed by atoms with Gasteiger partial charge in [0.1, 0.15) is 0 Å². The van der Waals surface area contributed by atoms with Crippen LogP contribution in [0.15, 0.2) is 23.1 Å². The van der Waals surface area contributed by atoms with Crippen LogP contribution in [0.2, 0.25) is 0 Å². The fraction of sp³-hybridized carbons (Fsp3) is 0.500. The van der Waals surface area contributed by atoms with E-state index in [0.29, 0.717) is 12.2 Å². The molecule has 1 atom stereocenters. The maximum Gasteiger partial charge on any atom is 0.294 e. The molecule has 1 unspecified atom stereocenters. The van der Waals surface area contributed by atoms with Crippen molar-refractivity contribution in [3.63, 3.8) is 0 Å². The van der Waals surface area contributed by atoms with E-state index in [1.165, 1.54) is 6.07 Å². The number of hydrogen-bond donors (Lipinski definition) is 1. The molecular formula is C12H16O4S. The average Bonchev–Trinajstić information content (AvgIpc) is 2.28. The van der Waals surface area contributed by atoms with Crippen molar-refractivity contribution in [1.29, 1.82) is 0 Å². The van der Waals surface area contributed by atoms with Crippen molar-refractivity contribution in [2.24, 2.45) is 0 Å². The van der Waals surface area contributed by atoms with Crippen LogP contribution in [0.1, 0.15) is 29.9 Å². The van der Waals surface area contributed by atoms with Crippen LogP contribution < -0.4 is 0 Å². The lowest BCUT2D eigenvalue weighted by atomic mass is 9.92. The quantitative estimate of drug-likeness (QED) is 0.823. The van der Waals surface area contributed by atoms with Gasteiger partial charge in [0.2, 0.25) is 0 Å². The number of ether oxygens (including phenoxy) is 1. The molecule has 0 aliphatic carbocycles. The standard InChI is InChI=1S/C12H16O4S/c1-9-4-5-12(17(13,14)15)11(7-9)10-3-2-6-16-8-10/h4-5,7,10H,2-3,6,8H2,1H3,(H,13,14,15). The highest BCUT2D eigenvalue weighted by Gasteiger charge is 2.24. The van der Waals surface area contributed by atoms with E-state index in [2.05, 4.69) is 0 Å². The summed E-state index contributed by atoms with van der Waals surface area (Å²) in [5, 5.41) is 0. The normalized spacial score (nSPS) is 21.4. The molecule has 5 heteroatoms. The molecule has 4 nitrogen and oxygen atoms in total. The third-order valence-corrected chi connectivity index (χ3v) is 3.97. The van der Waals surface area contributed by atoms with Gasteiger partial charge in [-0.05, 0) is 31.4 Å². The Hall–Kier alpha value is -0.910. The van der Waals surface area contributed by atoms with E-state index in [1.54, 1.807) is 6.07 Å². The van der Waals surface area contributed by atoms with E-state index < -0.39 is 10.1 Å². The Balaban J connectivity index is 2.46. The SMILES string of the molecule is Cc1ccc(S(=O)(=O)O)c(C2CCCOC2)c1. The Morgan fingerprint density at radius 1 is 1.41 bits per heavy atom. The Morgan fingerprint density at radius 2 is 2.18 bits per heavy atom. The Labute approximate surface area is 101 Å². The highest BCUT2D eigenvalue weighted by Crippen LogP contribution is 2.31. The fourth-order valence-electron chi connectivity index (χ4n) is 2.21. The van der Waals surface area contributed by atoms with E-state index in [4.69, 9.17) is 4.74 Å². The molecule has 2 rings (SSSR count). The zero-order chi connectivity index (χ0) is 12.5. The molecule has 0 saturated carbocycles. The van der Waals surface area contributed by atoms with Gasteiger partial charge in [0, 0.05) is 12.5 Å². The molecule has 1 fully saturated rings. The second kappa shape index (κ2) is 4.76. The van der Waals surface area contributed by atoms with Gasteiger partial charge in [-0.25, -0.2) is 0 Å². The molecule has 1 N–H and O–H groups in total. The first-order valence-corrected chi connectivity index (χ1v) is 7.08. The van der Waals surface area contributed by atoms with Crippen molar-refractivity contribution in [2.45, 2.75) is 30.6 Å². The summed E-state index contributed by atoms with van der Waals surface area (Å²) in [6.45, 7) is 3.15. The molecule has 1 aromatic rings. The lowest BCUT2D eigenvalue weighted by Crippen LogP contribution is -2.18.